The molecule has 3 rings (SSSR count). The van der Waals surface area contributed by atoms with Crippen molar-refractivity contribution in [2.45, 2.75) is 38.5 Å². The molecule has 64 valence electrons. The third-order valence-electron chi connectivity index (χ3n) is 3.86. The zero-order valence-electron chi connectivity index (χ0n) is 7.31. The maximum Gasteiger partial charge on any atom is 0.162 e. The Hall–Kier alpha value is -0.590. The molecule has 0 N–H and O–H groups in total. The second kappa shape index (κ2) is 2.21. The van der Waals surface area contributed by atoms with Crippen LogP contribution >= 0.6 is 0 Å². The topological polar surface area (TPSA) is 17.1 Å². The summed E-state index contributed by atoms with van der Waals surface area (Å²) in [6.45, 7) is 0. The van der Waals surface area contributed by atoms with Gasteiger partial charge in [0.2, 0.25) is 0 Å². The van der Waals surface area contributed by atoms with E-state index in [0.29, 0.717) is 17.6 Å². The van der Waals surface area contributed by atoms with Crippen LogP contribution in [0, 0.1) is 11.8 Å². The lowest BCUT2D eigenvalue weighted by atomic mass is 9.92. The van der Waals surface area contributed by atoms with Gasteiger partial charge in [-0.3, -0.25) is 4.79 Å². The summed E-state index contributed by atoms with van der Waals surface area (Å²) in [6.07, 6.45) is 7.35. The van der Waals surface area contributed by atoms with Crippen LogP contribution in [-0.2, 0) is 4.79 Å². The van der Waals surface area contributed by atoms with Gasteiger partial charge in [0, 0.05) is 5.92 Å². The number of Topliss-reactive ketones (excluding diaryl/α,β-unsaturated/α-hetero) is 1. The van der Waals surface area contributed by atoms with Gasteiger partial charge in [-0.2, -0.15) is 0 Å². The molecule has 1 nitrogen and oxygen atoms in total. The molecule has 0 aromatic carbocycles. The number of fused-ring (bicyclic) bond motifs is 2. The summed E-state index contributed by atoms with van der Waals surface area (Å²) in [7, 11) is 0. The van der Waals surface area contributed by atoms with Gasteiger partial charge in [-0.05, 0) is 43.6 Å². The van der Waals surface area contributed by atoms with E-state index >= 15 is 0 Å². The van der Waals surface area contributed by atoms with Crippen molar-refractivity contribution >= 4 is 5.78 Å². The number of allylic oxidation sites excluding steroid dienone is 2. The predicted molar refractivity (Wildman–Crippen MR) is 46.7 cm³/mol. The highest BCUT2D eigenvalue weighted by molar-refractivity contribution is 6.01. The molecule has 0 spiro atoms. The molecule has 0 saturated heterocycles. The van der Waals surface area contributed by atoms with Gasteiger partial charge in [-0.25, -0.2) is 0 Å². The third kappa shape index (κ3) is 0.675. The van der Waals surface area contributed by atoms with Crippen LogP contribution in [0.5, 0.6) is 0 Å². The average molecular weight is 162 g/mol. The van der Waals surface area contributed by atoms with Gasteiger partial charge in [0.15, 0.2) is 5.78 Å². The highest BCUT2D eigenvalue weighted by atomic mass is 16.1. The molecule has 0 aromatic rings. The van der Waals surface area contributed by atoms with Gasteiger partial charge < -0.3 is 0 Å². The lowest BCUT2D eigenvalue weighted by Crippen LogP contribution is -2.12. The number of carbonyl (C=O) groups is 1. The van der Waals surface area contributed by atoms with Crippen LogP contribution in [0.1, 0.15) is 38.5 Å². The zero-order chi connectivity index (χ0) is 8.13. The molecule has 0 unspecified atom stereocenters. The van der Waals surface area contributed by atoms with Crippen LogP contribution in [0.3, 0.4) is 0 Å². The van der Waals surface area contributed by atoms with Crippen molar-refractivity contribution in [1.82, 2.24) is 0 Å². The molecule has 3 aliphatic rings. The fourth-order valence-electron chi connectivity index (χ4n) is 3.37. The Morgan fingerprint density at radius 1 is 1.00 bits per heavy atom. The fraction of sp³-hybridized carbons (Fsp3) is 0.727. The van der Waals surface area contributed by atoms with E-state index in [4.69, 9.17) is 0 Å². The molecule has 2 atom stereocenters. The van der Waals surface area contributed by atoms with Crippen molar-refractivity contribution in [2.24, 2.45) is 11.8 Å². The molecule has 12 heavy (non-hydrogen) atoms. The lowest BCUT2D eigenvalue weighted by Gasteiger charge is -2.11. The lowest BCUT2D eigenvalue weighted by molar-refractivity contribution is -0.118. The number of carbonyl (C=O) groups excluding carboxylic acids is 1. The summed E-state index contributed by atoms with van der Waals surface area (Å²) in [4.78, 5) is 11.8. The summed E-state index contributed by atoms with van der Waals surface area (Å²) in [6, 6.07) is 0. The largest absolute Gasteiger partial charge is 0.294 e. The summed E-state index contributed by atoms with van der Waals surface area (Å²) < 4.78 is 0. The van der Waals surface area contributed by atoms with Crippen LogP contribution in [-0.4, -0.2) is 5.78 Å². The quantitative estimate of drug-likeness (QED) is 0.534. The minimum atomic E-state index is 0.440. The number of hydrogen-bond donors (Lipinski definition) is 0. The van der Waals surface area contributed by atoms with Crippen LogP contribution < -0.4 is 0 Å². The smallest absolute Gasteiger partial charge is 0.162 e. The third-order valence-corrected chi connectivity index (χ3v) is 3.86. The molecule has 3 aliphatic carbocycles. The van der Waals surface area contributed by atoms with Crippen molar-refractivity contribution in [1.29, 1.82) is 0 Å². The molecule has 0 aromatic heterocycles. The molecule has 0 amide bonds. The average Bonchev–Trinajstić information content (AvgIpc) is 2.72. The molecule has 1 fully saturated rings. The maximum absolute atomic E-state index is 11.8. The molecule has 0 aliphatic heterocycles. The Morgan fingerprint density at radius 2 is 1.83 bits per heavy atom. The molecule has 1 heteroatoms. The maximum atomic E-state index is 11.8. The van der Waals surface area contributed by atoms with Crippen molar-refractivity contribution < 1.29 is 4.79 Å². The van der Waals surface area contributed by atoms with Gasteiger partial charge in [0.25, 0.3) is 0 Å². The number of rotatable bonds is 0. The van der Waals surface area contributed by atoms with Crippen molar-refractivity contribution in [2.75, 3.05) is 0 Å². The molecular weight excluding hydrogens is 148 g/mol. The van der Waals surface area contributed by atoms with Crippen LogP contribution in [0.4, 0.5) is 0 Å². The summed E-state index contributed by atoms with van der Waals surface area (Å²) >= 11 is 0. The molecule has 0 radical (unpaired) electrons. The molecular formula is C11H14O. The molecule has 1 saturated carbocycles. The van der Waals surface area contributed by atoms with E-state index in [1.54, 1.807) is 5.57 Å². The van der Waals surface area contributed by atoms with Crippen LogP contribution in [0.15, 0.2) is 11.1 Å². The molecule has 0 heterocycles. The van der Waals surface area contributed by atoms with Gasteiger partial charge in [0.1, 0.15) is 0 Å². The Balaban J connectivity index is 2.04. The first-order valence-electron chi connectivity index (χ1n) is 5.14. The van der Waals surface area contributed by atoms with E-state index in [-0.39, 0.29) is 0 Å². The highest BCUT2D eigenvalue weighted by Gasteiger charge is 2.44. The summed E-state index contributed by atoms with van der Waals surface area (Å²) in [5.74, 6) is 1.68. The Labute approximate surface area is 72.8 Å². The van der Waals surface area contributed by atoms with Crippen LogP contribution in [0.2, 0.25) is 0 Å². The minimum Gasteiger partial charge on any atom is -0.294 e. The number of ketones is 1. The molecule has 0 bridgehead atoms. The van der Waals surface area contributed by atoms with Crippen LogP contribution in [0.25, 0.3) is 0 Å². The van der Waals surface area contributed by atoms with E-state index < -0.39 is 0 Å². The van der Waals surface area contributed by atoms with Gasteiger partial charge in [-0.15, -0.1) is 0 Å². The Bertz CT molecular complexity index is 275. The minimum absolute atomic E-state index is 0.440. The Morgan fingerprint density at radius 3 is 2.75 bits per heavy atom. The second-order valence-corrected chi connectivity index (χ2v) is 4.37. The predicted octanol–water partition coefficient (Wildman–Crippen LogP) is 2.47. The van der Waals surface area contributed by atoms with Crippen molar-refractivity contribution in [3.8, 4) is 0 Å². The first-order valence-corrected chi connectivity index (χ1v) is 5.14. The highest BCUT2D eigenvalue weighted by Crippen LogP contribution is 2.50. The number of hydrogen-bond acceptors (Lipinski definition) is 1. The first-order chi connectivity index (χ1) is 5.88. The second-order valence-electron chi connectivity index (χ2n) is 4.37. The van der Waals surface area contributed by atoms with Gasteiger partial charge in [-0.1, -0.05) is 12.0 Å². The first kappa shape index (κ1) is 6.88. The SMILES string of the molecule is O=C1C2=C(CCC2)[C@H]2CCC[C@@H]12. The van der Waals surface area contributed by atoms with Gasteiger partial charge >= 0.3 is 0 Å². The van der Waals surface area contributed by atoms with Crippen molar-refractivity contribution in [3.63, 3.8) is 0 Å². The Kier molecular flexibility index (Phi) is 1.27. The van der Waals surface area contributed by atoms with E-state index in [1.165, 1.54) is 37.7 Å². The standard InChI is InChI=1S/C11H14O/c12-11-9-5-1-3-7(9)8-4-2-6-10(8)11/h7,9H,1-6H2/t7-,9-/m1/s1. The zero-order valence-corrected chi connectivity index (χ0v) is 7.31. The van der Waals surface area contributed by atoms with E-state index in [0.717, 1.165) is 6.42 Å². The fourth-order valence-corrected chi connectivity index (χ4v) is 3.37. The normalized spacial score (nSPS) is 39.2. The van der Waals surface area contributed by atoms with Crippen molar-refractivity contribution in [3.05, 3.63) is 11.1 Å². The van der Waals surface area contributed by atoms with Gasteiger partial charge in [0.05, 0.1) is 0 Å². The van der Waals surface area contributed by atoms with E-state index in [9.17, 15) is 4.79 Å². The van der Waals surface area contributed by atoms with E-state index in [1.807, 2.05) is 0 Å². The van der Waals surface area contributed by atoms with E-state index in [2.05, 4.69) is 0 Å². The monoisotopic (exact) mass is 162 g/mol. The summed E-state index contributed by atoms with van der Waals surface area (Å²) in [5, 5.41) is 0. The summed E-state index contributed by atoms with van der Waals surface area (Å²) in [5.41, 5.74) is 2.83.